The third-order valence-corrected chi connectivity index (χ3v) is 2.55. The van der Waals surface area contributed by atoms with Crippen molar-refractivity contribution < 1.29 is 4.79 Å². The standard InChI is InChI=1S/C9H13N3O/c10-9(13)8(6-1-2-6)3-7-4-11-5-12-7/h4-6,8H,1-3H2,(H2,10,13)(H,11,12). The molecule has 70 valence electrons. The van der Waals surface area contributed by atoms with Gasteiger partial charge in [0, 0.05) is 24.2 Å². The topological polar surface area (TPSA) is 71.8 Å². The van der Waals surface area contributed by atoms with Crippen molar-refractivity contribution >= 4 is 5.91 Å². The van der Waals surface area contributed by atoms with E-state index in [0.717, 1.165) is 18.5 Å². The first-order valence-corrected chi connectivity index (χ1v) is 4.54. The average Bonchev–Trinajstić information content (AvgIpc) is 2.79. The Morgan fingerprint density at radius 1 is 1.77 bits per heavy atom. The first kappa shape index (κ1) is 8.29. The number of nitrogens with one attached hydrogen (secondary N) is 1. The minimum atomic E-state index is -0.183. The van der Waals surface area contributed by atoms with Crippen LogP contribution in [0.15, 0.2) is 12.5 Å². The fraction of sp³-hybridized carbons (Fsp3) is 0.556. The second kappa shape index (κ2) is 3.20. The van der Waals surface area contributed by atoms with Crippen LogP contribution in [0.5, 0.6) is 0 Å². The number of aromatic nitrogens is 2. The lowest BCUT2D eigenvalue weighted by atomic mass is 9.97. The number of imidazole rings is 1. The summed E-state index contributed by atoms with van der Waals surface area (Å²) in [6.45, 7) is 0. The van der Waals surface area contributed by atoms with Gasteiger partial charge in [-0.1, -0.05) is 0 Å². The molecule has 0 aromatic carbocycles. The second-order valence-electron chi connectivity index (χ2n) is 3.63. The van der Waals surface area contributed by atoms with E-state index in [9.17, 15) is 4.79 Å². The zero-order valence-electron chi connectivity index (χ0n) is 7.36. The van der Waals surface area contributed by atoms with Gasteiger partial charge in [-0.25, -0.2) is 4.98 Å². The number of rotatable bonds is 4. The number of hydrogen-bond donors (Lipinski definition) is 2. The van der Waals surface area contributed by atoms with Crippen molar-refractivity contribution in [2.24, 2.45) is 17.6 Å². The van der Waals surface area contributed by atoms with Crippen molar-refractivity contribution in [2.45, 2.75) is 19.3 Å². The molecule has 0 radical (unpaired) electrons. The van der Waals surface area contributed by atoms with Crippen LogP contribution in [-0.4, -0.2) is 15.9 Å². The fourth-order valence-electron chi connectivity index (χ4n) is 1.63. The summed E-state index contributed by atoms with van der Waals surface area (Å²) in [7, 11) is 0. The van der Waals surface area contributed by atoms with Gasteiger partial charge in [0.1, 0.15) is 0 Å². The molecule has 4 nitrogen and oxygen atoms in total. The molecule has 1 heterocycles. The van der Waals surface area contributed by atoms with Crippen LogP contribution in [0.2, 0.25) is 0 Å². The van der Waals surface area contributed by atoms with Gasteiger partial charge in [0.25, 0.3) is 0 Å². The van der Waals surface area contributed by atoms with Crippen molar-refractivity contribution in [2.75, 3.05) is 0 Å². The van der Waals surface area contributed by atoms with E-state index in [4.69, 9.17) is 5.73 Å². The number of aromatic amines is 1. The molecule has 1 aromatic heterocycles. The molecule has 0 spiro atoms. The van der Waals surface area contributed by atoms with Gasteiger partial charge in [0.15, 0.2) is 0 Å². The highest BCUT2D eigenvalue weighted by molar-refractivity contribution is 5.77. The largest absolute Gasteiger partial charge is 0.369 e. The van der Waals surface area contributed by atoms with Crippen molar-refractivity contribution in [1.82, 2.24) is 9.97 Å². The van der Waals surface area contributed by atoms with Crippen molar-refractivity contribution in [3.63, 3.8) is 0 Å². The van der Waals surface area contributed by atoms with Gasteiger partial charge in [-0.15, -0.1) is 0 Å². The molecule has 1 aromatic rings. The Labute approximate surface area is 76.5 Å². The zero-order chi connectivity index (χ0) is 9.26. The fourth-order valence-corrected chi connectivity index (χ4v) is 1.63. The predicted molar refractivity (Wildman–Crippen MR) is 47.7 cm³/mol. The number of hydrogen-bond acceptors (Lipinski definition) is 2. The highest BCUT2D eigenvalue weighted by atomic mass is 16.1. The number of amides is 1. The van der Waals surface area contributed by atoms with Crippen LogP contribution in [0.25, 0.3) is 0 Å². The zero-order valence-corrected chi connectivity index (χ0v) is 7.36. The summed E-state index contributed by atoms with van der Waals surface area (Å²) in [4.78, 5) is 18.0. The Hall–Kier alpha value is -1.32. The molecule has 2 rings (SSSR count). The Bertz CT molecular complexity index is 290. The van der Waals surface area contributed by atoms with Crippen LogP contribution in [0.3, 0.4) is 0 Å². The highest BCUT2D eigenvalue weighted by Crippen LogP contribution is 2.38. The van der Waals surface area contributed by atoms with Crippen LogP contribution in [0, 0.1) is 11.8 Å². The molecular weight excluding hydrogens is 166 g/mol. The van der Waals surface area contributed by atoms with E-state index < -0.39 is 0 Å². The third kappa shape index (κ3) is 1.88. The molecule has 1 aliphatic carbocycles. The lowest BCUT2D eigenvalue weighted by molar-refractivity contribution is -0.122. The summed E-state index contributed by atoms with van der Waals surface area (Å²) in [5, 5.41) is 0. The smallest absolute Gasteiger partial charge is 0.221 e. The molecule has 13 heavy (non-hydrogen) atoms. The van der Waals surface area contributed by atoms with E-state index in [-0.39, 0.29) is 11.8 Å². The van der Waals surface area contributed by atoms with E-state index in [1.165, 1.54) is 0 Å². The summed E-state index contributed by atoms with van der Waals surface area (Å²) in [6, 6.07) is 0. The van der Waals surface area contributed by atoms with Crippen LogP contribution >= 0.6 is 0 Å². The number of H-pyrrole nitrogens is 1. The quantitative estimate of drug-likeness (QED) is 0.705. The maximum Gasteiger partial charge on any atom is 0.221 e. The SMILES string of the molecule is NC(=O)C(Cc1cnc[nH]1)C1CC1. The average molecular weight is 179 g/mol. The molecule has 1 aliphatic rings. The van der Waals surface area contributed by atoms with Gasteiger partial charge < -0.3 is 10.7 Å². The Morgan fingerprint density at radius 2 is 2.54 bits per heavy atom. The van der Waals surface area contributed by atoms with Crippen LogP contribution < -0.4 is 5.73 Å². The predicted octanol–water partition coefficient (Wildman–Crippen LogP) is 0.464. The molecule has 1 unspecified atom stereocenters. The first-order valence-electron chi connectivity index (χ1n) is 4.54. The van der Waals surface area contributed by atoms with E-state index in [0.29, 0.717) is 12.3 Å². The van der Waals surface area contributed by atoms with Crippen molar-refractivity contribution in [3.8, 4) is 0 Å². The normalized spacial score (nSPS) is 18.5. The molecule has 4 heteroatoms. The number of carbonyl (C=O) groups excluding carboxylic acids is 1. The summed E-state index contributed by atoms with van der Waals surface area (Å²) >= 11 is 0. The third-order valence-electron chi connectivity index (χ3n) is 2.55. The lowest BCUT2D eigenvalue weighted by Gasteiger charge is -2.09. The Morgan fingerprint density at radius 3 is 3.00 bits per heavy atom. The molecule has 0 bridgehead atoms. The number of nitrogens with two attached hydrogens (primary N) is 1. The molecule has 1 atom stereocenters. The summed E-state index contributed by atoms with van der Waals surface area (Å²) < 4.78 is 0. The van der Waals surface area contributed by atoms with Crippen LogP contribution in [0.4, 0.5) is 0 Å². The van der Waals surface area contributed by atoms with E-state index >= 15 is 0 Å². The van der Waals surface area contributed by atoms with Crippen LogP contribution in [-0.2, 0) is 11.2 Å². The summed E-state index contributed by atoms with van der Waals surface area (Å²) in [6.07, 6.45) is 6.36. The maximum atomic E-state index is 11.1. The Balaban J connectivity index is 2.01. The molecule has 0 aliphatic heterocycles. The van der Waals surface area contributed by atoms with Gasteiger partial charge in [0.2, 0.25) is 5.91 Å². The minimum Gasteiger partial charge on any atom is -0.369 e. The van der Waals surface area contributed by atoms with Crippen molar-refractivity contribution in [1.29, 1.82) is 0 Å². The van der Waals surface area contributed by atoms with Crippen LogP contribution in [0.1, 0.15) is 18.5 Å². The maximum absolute atomic E-state index is 11.1. The molecule has 1 fully saturated rings. The minimum absolute atomic E-state index is 0.000417. The highest BCUT2D eigenvalue weighted by Gasteiger charge is 2.34. The van der Waals surface area contributed by atoms with Crippen molar-refractivity contribution in [3.05, 3.63) is 18.2 Å². The lowest BCUT2D eigenvalue weighted by Crippen LogP contribution is -2.26. The second-order valence-corrected chi connectivity index (χ2v) is 3.63. The number of nitrogens with zero attached hydrogens (tertiary/aromatic N) is 1. The molecule has 1 saturated carbocycles. The first-order chi connectivity index (χ1) is 6.27. The number of primary amides is 1. The molecule has 3 N–H and O–H groups in total. The van der Waals surface area contributed by atoms with E-state index in [2.05, 4.69) is 9.97 Å². The Kier molecular flexibility index (Phi) is 2.04. The van der Waals surface area contributed by atoms with Gasteiger partial charge in [0.05, 0.1) is 6.33 Å². The van der Waals surface area contributed by atoms with Gasteiger partial charge >= 0.3 is 0 Å². The molecular formula is C9H13N3O. The van der Waals surface area contributed by atoms with E-state index in [1.807, 2.05) is 0 Å². The van der Waals surface area contributed by atoms with Gasteiger partial charge in [-0.05, 0) is 18.8 Å². The number of carbonyl (C=O) groups is 1. The monoisotopic (exact) mass is 179 g/mol. The summed E-state index contributed by atoms with van der Waals surface area (Å²) in [5.74, 6) is 0.332. The van der Waals surface area contributed by atoms with E-state index in [1.54, 1.807) is 12.5 Å². The summed E-state index contributed by atoms with van der Waals surface area (Å²) in [5.41, 5.74) is 6.32. The van der Waals surface area contributed by atoms with Gasteiger partial charge in [-0.3, -0.25) is 4.79 Å². The molecule has 0 saturated heterocycles. The molecule has 1 amide bonds. The van der Waals surface area contributed by atoms with Gasteiger partial charge in [-0.2, -0.15) is 0 Å².